The Hall–Kier alpha value is -3.74. The molecule has 0 aliphatic carbocycles. The van der Waals surface area contributed by atoms with Gasteiger partial charge in [-0.05, 0) is 29.3 Å². The lowest BCUT2D eigenvalue weighted by Gasteiger charge is -2.14. The highest BCUT2D eigenvalue weighted by molar-refractivity contribution is 5.94. The van der Waals surface area contributed by atoms with Gasteiger partial charge >= 0.3 is 6.61 Å². The maximum atomic E-state index is 12.8. The molecule has 3 aromatic carbocycles. The fourth-order valence-corrected chi connectivity index (χ4v) is 3.05. The molecule has 0 atom stereocenters. The van der Waals surface area contributed by atoms with Crippen molar-refractivity contribution in [1.82, 2.24) is 5.32 Å². The number of nitrogens with one attached hydrogen (secondary N) is 2. The molecular formula is C24H22F2N2O3. The number of hydrogen-bond donors (Lipinski definition) is 2. The van der Waals surface area contributed by atoms with Crippen LogP contribution in [0.15, 0.2) is 78.9 Å². The lowest BCUT2D eigenvalue weighted by atomic mass is 10.0. The van der Waals surface area contributed by atoms with Crippen molar-refractivity contribution in [3.63, 3.8) is 0 Å². The van der Waals surface area contributed by atoms with Gasteiger partial charge in [-0.2, -0.15) is 8.78 Å². The predicted molar refractivity (Wildman–Crippen MR) is 114 cm³/mol. The van der Waals surface area contributed by atoms with Crippen LogP contribution in [0, 0.1) is 0 Å². The van der Waals surface area contributed by atoms with Crippen LogP contribution < -0.4 is 15.4 Å². The van der Waals surface area contributed by atoms with Gasteiger partial charge in [0.05, 0.1) is 13.0 Å². The third kappa shape index (κ3) is 7.22. The van der Waals surface area contributed by atoms with E-state index in [1.165, 1.54) is 12.1 Å². The van der Waals surface area contributed by atoms with Gasteiger partial charge < -0.3 is 15.4 Å². The van der Waals surface area contributed by atoms with Crippen LogP contribution in [0.3, 0.4) is 0 Å². The summed E-state index contributed by atoms with van der Waals surface area (Å²) in [4.78, 5) is 24.2. The number of ether oxygens (including phenoxy) is 1. The Morgan fingerprint density at radius 1 is 0.839 bits per heavy atom. The van der Waals surface area contributed by atoms with Crippen molar-refractivity contribution in [2.45, 2.75) is 19.5 Å². The summed E-state index contributed by atoms with van der Waals surface area (Å²) in [6, 6.07) is 23.0. The third-order valence-electron chi connectivity index (χ3n) is 4.45. The molecule has 7 heteroatoms. The van der Waals surface area contributed by atoms with Gasteiger partial charge in [-0.15, -0.1) is 0 Å². The largest absolute Gasteiger partial charge is 0.435 e. The molecule has 5 nitrogen and oxygen atoms in total. The summed E-state index contributed by atoms with van der Waals surface area (Å²) in [7, 11) is 0. The molecule has 0 spiro atoms. The van der Waals surface area contributed by atoms with Crippen LogP contribution >= 0.6 is 0 Å². The van der Waals surface area contributed by atoms with E-state index in [2.05, 4.69) is 15.4 Å². The van der Waals surface area contributed by atoms with Gasteiger partial charge in [0, 0.05) is 17.7 Å². The standard InChI is InChI=1S/C24H22F2N2O3/c25-24(26)31-21-12-11-20(15-19(21)13-17-7-3-1-4-8-17)28-23(30)16-27-22(29)14-18-9-5-2-6-10-18/h1-12,15,24H,13-14,16H2,(H,27,29)(H,28,30). The Balaban J connectivity index is 1.61. The minimum absolute atomic E-state index is 0.0491. The molecule has 0 aromatic heterocycles. The third-order valence-corrected chi connectivity index (χ3v) is 4.45. The summed E-state index contributed by atoms with van der Waals surface area (Å²) in [5.41, 5.74) is 2.70. The fourth-order valence-electron chi connectivity index (χ4n) is 3.05. The Labute approximate surface area is 179 Å². The van der Waals surface area contributed by atoms with Crippen LogP contribution in [0.1, 0.15) is 16.7 Å². The van der Waals surface area contributed by atoms with Crippen molar-refractivity contribution >= 4 is 17.5 Å². The zero-order chi connectivity index (χ0) is 22.1. The molecule has 0 radical (unpaired) electrons. The molecule has 0 bridgehead atoms. The topological polar surface area (TPSA) is 67.4 Å². The molecule has 2 N–H and O–H groups in total. The summed E-state index contributed by atoms with van der Waals surface area (Å²) < 4.78 is 30.1. The van der Waals surface area contributed by atoms with Crippen LogP contribution in [0.25, 0.3) is 0 Å². The van der Waals surface area contributed by atoms with Gasteiger partial charge in [-0.25, -0.2) is 0 Å². The fraction of sp³-hybridized carbons (Fsp3) is 0.167. The van der Waals surface area contributed by atoms with Crippen LogP contribution in [-0.2, 0) is 22.4 Å². The number of benzene rings is 3. The van der Waals surface area contributed by atoms with Crippen molar-refractivity contribution in [1.29, 1.82) is 0 Å². The molecule has 0 fully saturated rings. The van der Waals surface area contributed by atoms with E-state index in [1.807, 2.05) is 60.7 Å². The maximum absolute atomic E-state index is 12.8. The van der Waals surface area contributed by atoms with E-state index in [4.69, 9.17) is 0 Å². The first kappa shape index (κ1) is 22.0. The van der Waals surface area contributed by atoms with Gasteiger partial charge in [0.2, 0.25) is 11.8 Å². The van der Waals surface area contributed by atoms with E-state index in [0.29, 0.717) is 17.7 Å². The number of hydrogen-bond acceptors (Lipinski definition) is 3. The molecule has 0 unspecified atom stereocenters. The first-order valence-electron chi connectivity index (χ1n) is 9.72. The Morgan fingerprint density at radius 3 is 2.13 bits per heavy atom. The molecule has 0 saturated heterocycles. The highest BCUT2D eigenvalue weighted by Crippen LogP contribution is 2.27. The average Bonchev–Trinajstić information content (AvgIpc) is 2.75. The van der Waals surface area contributed by atoms with Gasteiger partial charge in [-0.1, -0.05) is 60.7 Å². The molecule has 160 valence electrons. The minimum Gasteiger partial charge on any atom is -0.435 e. The summed E-state index contributed by atoms with van der Waals surface area (Å²) >= 11 is 0. The van der Waals surface area contributed by atoms with Crippen LogP contribution in [0.2, 0.25) is 0 Å². The summed E-state index contributed by atoms with van der Waals surface area (Å²) in [6.07, 6.45) is 0.537. The average molecular weight is 424 g/mol. The zero-order valence-corrected chi connectivity index (χ0v) is 16.7. The van der Waals surface area contributed by atoms with Crippen molar-refractivity contribution in [3.05, 3.63) is 95.6 Å². The van der Waals surface area contributed by atoms with Crippen molar-refractivity contribution < 1.29 is 23.1 Å². The second kappa shape index (κ2) is 10.9. The first-order valence-corrected chi connectivity index (χ1v) is 9.72. The van der Waals surface area contributed by atoms with E-state index in [1.54, 1.807) is 6.07 Å². The lowest BCUT2D eigenvalue weighted by Crippen LogP contribution is -2.33. The summed E-state index contributed by atoms with van der Waals surface area (Å²) in [5.74, 6) is -0.644. The number of halogens is 2. The second-order valence-corrected chi connectivity index (χ2v) is 6.85. The molecule has 0 saturated carbocycles. The number of rotatable bonds is 9. The second-order valence-electron chi connectivity index (χ2n) is 6.85. The van der Waals surface area contributed by atoms with E-state index < -0.39 is 12.5 Å². The number of anilines is 1. The van der Waals surface area contributed by atoms with Crippen LogP contribution in [0.5, 0.6) is 5.75 Å². The van der Waals surface area contributed by atoms with Crippen molar-refractivity contribution in [3.8, 4) is 5.75 Å². The molecule has 3 rings (SSSR count). The van der Waals surface area contributed by atoms with Gasteiger partial charge in [-0.3, -0.25) is 9.59 Å². The number of carbonyl (C=O) groups excluding carboxylic acids is 2. The number of amides is 2. The van der Waals surface area contributed by atoms with Gasteiger partial charge in [0.15, 0.2) is 0 Å². The van der Waals surface area contributed by atoms with Gasteiger partial charge in [0.25, 0.3) is 0 Å². The molecular weight excluding hydrogens is 402 g/mol. The highest BCUT2D eigenvalue weighted by atomic mass is 19.3. The summed E-state index contributed by atoms with van der Waals surface area (Å²) in [5, 5.41) is 5.24. The lowest BCUT2D eigenvalue weighted by molar-refractivity contribution is -0.123. The normalized spacial score (nSPS) is 10.5. The first-order chi connectivity index (χ1) is 15.0. The van der Waals surface area contributed by atoms with Gasteiger partial charge in [0.1, 0.15) is 5.75 Å². The molecule has 0 aliphatic heterocycles. The molecule has 31 heavy (non-hydrogen) atoms. The zero-order valence-electron chi connectivity index (χ0n) is 16.7. The molecule has 3 aromatic rings. The number of carbonyl (C=O) groups is 2. The Morgan fingerprint density at radius 2 is 1.48 bits per heavy atom. The smallest absolute Gasteiger partial charge is 0.387 e. The van der Waals surface area contributed by atoms with E-state index >= 15 is 0 Å². The van der Waals surface area contributed by atoms with Crippen molar-refractivity contribution in [2.24, 2.45) is 0 Å². The van der Waals surface area contributed by atoms with Crippen LogP contribution in [0.4, 0.5) is 14.5 Å². The molecule has 0 heterocycles. The van der Waals surface area contributed by atoms with E-state index in [0.717, 1.165) is 11.1 Å². The number of alkyl halides is 2. The van der Waals surface area contributed by atoms with E-state index in [-0.39, 0.29) is 24.6 Å². The van der Waals surface area contributed by atoms with Crippen molar-refractivity contribution in [2.75, 3.05) is 11.9 Å². The molecule has 2 amide bonds. The monoisotopic (exact) mass is 424 g/mol. The van der Waals surface area contributed by atoms with E-state index in [9.17, 15) is 18.4 Å². The minimum atomic E-state index is -2.95. The Bertz CT molecular complexity index is 1010. The molecule has 0 aliphatic rings. The Kier molecular flexibility index (Phi) is 7.70. The highest BCUT2D eigenvalue weighted by Gasteiger charge is 2.13. The SMILES string of the molecule is O=C(Cc1ccccc1)NCC(=O)Nc1ccc(OC(F)F)c(Cc2ccccc2)c1. The van der Waals surface area contributed by atoms with Crippen LogP contribution in [-0.4, -0.2) is 25.0 Å². The maximum Gasteiger partial charge on any atom is 0.387 e. The summed E-state index contributed by atoms with van der Waals surface area (Å²) in [6.45, 7) is -3.15. The quantitative estimate of drug-likeness (QED) is 0.542. The predicted octanol–water partition coefficient (Wildman–Crippen LogP) is 4.18.